The standard InChI is InChI=1S/C8H12N2O.C2H6/c1-3-11-7(2)8-6-9-4-5-10-8;1-2/h4-7H,3H2,1-2H3;1-2H3. The largest absolute Gasteiger partial charge is 0.372 e. The highest BCUT2D eigenvalue weighted by molar-refractivity contribution is 4.97. The van der Waals surface area contributed by atoms with E-state index in [4.69, 9.17) is 4.74 Å². The van der Waals surface area contributed by atoms with Crippen LogP contribution in [0, 0.1) is 0 Å². The number of rotatable bonds is 3. The molecule has 0 saturated heterocycles. The minimum absolute atomic E-state index is 0.0497. The van der Waals surface area contributed by atoms with Gasteiger partial charge in [0, 0.05) is 19.0 Å². The van der Waals surface area contributed by atoms with Crippen molar-refractivity contribution in [2.75, 3.05) is 6.61 Å². The molecule has 1 aromatic rings. The third kappa shape index (κ3) is 4.58. The van der Waals surface area contributed by atoms with Crippen LogP contribution >= 0.6 is 0 Å². The molecular weight excluding hydrogens is 164 g/mol. The lowest BCUT2D eigenvalue weighted by atomic mass is 10.3. The maximum absolute atomic E-state index is 5.33. The number of aromatic nitrogens is 2. The molecule has 1 unspecified atom stereocenters. The Morgan fingerprint density at radius 3 is 2.54 bits per heavy atom. The van der Waals surface area contributed by atoms with Crippen molar-refractivity contribution in [3.05, 3.63) is 24.3 Å². The predicted octanol–water partition coefficient (Wildman–Crippen LogP) is 2.60. The molecule has 0 spiro atoms. The number of hydrogen-bond donors (Lipinski definition) is 0. The SMILES string of the molecule is CC.CCOC(C)c1cnccn1. The highest BCUT2D eigenvalue weighted by atomic mass is 16.5. The first-order valence-corrected chi connectivity index (χ1v) is 4.72. The molecule has 0 aromatic carbocycles. The van der Waals surface area contributed by atoms with Crippen LogP contribution in [0.25, 0.3) is 0 Å². The Hall–Kier alpha value is -0.960. The molecule has 0 bridgehead atoms. The van der Waals surface area contributed by atoms with Gasteiger partial charge in [0.05, 0.1) is 18.0 Å². The van der Waals surface area contributed by atoms with Gasteiger partial charge in [0.15, 0.2) is 0 Å². The summed E-state index contributed by atoms with van der Waals surface area (Å²) < 4.78 is 5.33. The quantitative estimate of drug-likeness (QED) is 0.720. The van der Waals surface area contributed by atoms with Gasteiger partial charge < -0.3 is 4.74 Å². The van der Waals surface area contributed by atoms with E-state index in [0.29, 0.717) is 6.61 Å². The van der Waals surface area contributed by atoms with E-state index in [-0.39, 0.29) is 6.10 Å². The van der Waals surface area contributed by atoms with Crippen molar-refractivity contribution in [3.63, 3.8) is 0 Å². The lowest BCUT2D eigenvalue weighted by Gasteiger charge is -2.08. The van der Waals surface area contributed by atoms with Gasteiger partial charge in [-0.25, -0.2) is 0 Å². The Morgan fingerprint density at radius 2 is 2.08 bits per heavy atom. The first-order chi connectivity index (χ1) is 6.34. The van der Waals surface area contributed by atoms with Gasteiger partial charge in [-0.05, 0) is 13.8 Å². The summed E-state index contributed by atoms with van der Waals surface area (Å²) in [5.41, 5.74) is 0.884. The van der Waals surface area contributed by atoms with Crippen molar-refractivity contribution in [2.45, 2.75) is 33.8 Å². The van der Waals surface area contributed by atoms with Crippen molar-refractivity contribution in [3.8, 4) is 0 Å². The minimum atomic E-state index is 0.0497. The number of nitrogens with zero attached hydrogens (tertiary/aromatic N) is 2. The van der Waals surface area contributed by atoms with Gasteiger partial charge in [-0.2, -0.15) is 0 Å². The number of ether oxygens (including phenoxy) is 1. The Kier molecular flexibility index (Phi) is 7.11. The fraction of sp³-hybridized carbons (Fsp3) is 0.600. The van der Waals surface area contributed by atoms with Crippen molar-refractivity contribution >= 4 is 0 Å². The van der Waals surface area contributed by atoms with Gasteiger partial charge in [-0.15, -0.1) is 0 Å². The van der Waals surface area contributed by atoms with Crippen LogP contribution in [0.15, 0.2) is 18.6 Å². The van der Waals surface area contributed by atoms with E-state index in [9.17, 15) is 0 Å². The summed E-state index contributed by atoms with van der Waals surface area (Å²) in [4.78, 5) is 8.06. The lowest BCUT2D eigenvalue weighted by Crippen LogP contribution is -2.01. The van der Waals surface area contributed by atoms with E-state index < -0.39 is 0 Å². The first-order valence-electron chi connectivity index (χ1n) is 4.72. The molecule has 3 heteroatoms. The van der Waals surface area contributed by atoms with Crippen LogP contribution in [0.2, 0.25) is 0 Å². The maximum Gasteiger partial charge on any atom is 0.0982 e. The van der Waals surface area contributed by atoms with Crippen LogP contribution in [0.4, 0.5) is 0 Å². The van der Waals surface area contributed by atoms with Gasteiger partial charge in [-0.1, -0.05) is 13.8 Å². The topological polar surface area (TPSA) is 35.0 Å². The molecule has 74 valence electrons. The lowest BCUT2D eigenvalue weighted by molar-refractivity contribution is 0.0731. The van der Waals surface area contributed by atoms with Gasteiger partial charge >= 0.3 is 0 Å². The predicted molar refractivity (Wildman–Crippen MR) is 53.4 cm³/mol. The average Bonchev–Trinajstić information content (AvgIpc) is 2.23. The van der Waals surface area contributed by atoms with E-state index in [0.717, 1.165) is 5.69 Å². The second-order valence-corrected chi connectivity index (χ2v) is 2.23. The van der Waals surface area contributed by atoms with Crippen molar-refractivity contribution in [1.29, 1.82) is 0 Å². The molecule has 0 aliphatic heterocycles. The molecule has 0 N–H and O–H groups in total. The van der Waals surface area contributed by atoms with Crippen LogP contribution in [0.5, 0.6) is 0 Å². The van der Waals surface area contributed by atoms with Crippen LogP contribution in [-0.4, -0.2) is 16.6 Å². The van der Waals surface area contributed by atoms with E-state index in [1.54, 1.807) is 18.6 Å². The van der Waals surface area contributed by atoms with Crippen LogP contribution < -0.4 is 0 Å². The Morgan fingerprint density at radius 1 is 1.38 bits per heavy atom. The third-order valence-electron chi connectivity index (χ3n) is 1.42. The van der Waals surface area contributed by atoms with E-state index in [2.05, 4.69) is 9.97 Å². The van der Waals surface area contributed by atoms with Crippen LogP contribution in [-0.2, 0) is 4.74 Å². The zero-order chi connectivity index (χ0) is 10.1. The molecule has 1 rings (SSSR count). The molecule has 0 aliphatic rings. The normalized spacial score (nSPS) is 11.4. The minimum Gasteiger partial charge on any atom is -0.372 e. The summed E-state index contributed by atoms with van der Waals surface area (Å²) in [7, 11) is 0. The van der Waals surface area contributed by atoms with Gasteiger partial charge in [0.25, 0.3) is 0 Å². The molecular formula is C10H18N2O. The van der Waals surface area contributed by atoms with Crippen molar-refractivity contribution in [1.82, 2.24) is 9.97 Å². The van der Waals surface area contributed by atoms with Crippen LogP contribution in [0.3, 0.4) is 0 Å². The highest BCUT2D eigenvalue weighted by Gasteiger charge is 2.04. The molecule has 0 radical (unpaired) electrons. The Labute approximate surface area is 80.2 Å². The summed E-state index contributed by atoms with van der Waals surface area (Å²) in [5, 5.41) is 0. The van der Waals surface area contributed by atoms with Gasteiger partial charge in [-0.3, -0.25) is 9.97 Å². The second kappa shape index (κ2) is 7.68. The van der Waals surface area contributed by atoms with Crippen molar-refractivity contribution in [2.24, 2.45) is 0 Å². The van der Waals surface area contributed by atoms with Gasteiger partial charge in [0.1, 0.15) is 0 Å². The van der Waals surface area contributed by atoms with Crippen LogP contribution in [0.1, 0.15) is 39.5 Å². The molecule has 1 aromatic heterocycles. The summed E-state index contributed by atoms with van der Waals surface area (Å²) in [5.74, 6) is 0. The molecule has 0 fully saturated rings. The molecule has 0 aliphatic carbocycles. The van der Waals surface area contributed by atoms with E-state index in [1.165, 1.54) is 0 Å². The maximum atomic E-state index is 5.33. The fourth-order valence-electron chi connectivity index (χ4n) is 0.856. The molecule has 1 atom stereocenters. The zero-order valence-corrected chi connectivity index (χ0v) is 8.82. The second-order valence-electron chi connectivity index (χ2n) is 2.23. The first kappa shape index (κ1) is 12.0. The summed E-state index contributed by atoms with van der Waals surface area (Å²) in [6.45, 7) is 8.64. The summed E-state index contributed by atoms with van der Waals surface area (Å²) in [6, 6.07) is 0. The fourth-order valence-corrected chi connectivity index (χ4v) is 0.856. The Balaban J connectivity index is 0.000000671. The van der Waals surface area contributed by atoms with Gasteiger partial charge in [0.2, 0.25) is 0 Å². The molecule has 0 saturated carbocycles. The zero-order valence-electron chi connectivity index (χ0n) is 8.82. The molecule has 0 amide bonds. The third-order valence-corrected chi connectivity index (χ3v) is 1.42. The molecule has 3 nitrogen and oxygen atoms in total. The smallest absolute Gasteiger partial charge is 0.0982 e. The average molecular weight is 182 g/mol. The van der Waals surface area contributed by atoms with Crippen molar-refractivity contribution < 1.29 is 4.74 Å². The summed E-state index contributed by atoms with van der Waals surface area (Å²) in [6.07, 6.45) is 5.10. The molecule has 13 heavy (non-hydrogen) atoms. The Bertz CT molecular complexity index is 201. The molecule has 1 heterocycles. The number of hydrogen-bond acceptors (Lipinski definition) is 3. The van der Waals surface area contributed by atoms with E-state index in [1.807, 2.05) is 27.7 Å². The monoisotopic (exact) mass is 182 g/mol. The summed E-state index contributed by atoms with van der Waals surface area (Å²) >= 11 is 0. The van der Waals surface area contributed by atoms with E-state index >= 15 is 0 Å². The highest BCUT2D eigenvalue weighted by Crippen LogP contribution is 2.10.